The van der Waals surface area contributed by atoms with Crippen molar-refractivity contribution in [1.29, 1.82) is 0 Å². The first-order valence-electron chi connectivity index (χ1n) is 10.0. The number of benzene rings is 2. The highest BCUT2D eigenvalue weighted by molar-refractivity contribution is 6.33. The van der Waals surface area contributed by atoms with Crippen molar-refractivity contribution in [3.63, 3.8) is 0 Å². The van der Waals surface area contributed by atoms with Crippen molar-refractivity contribution in [2.24, 2.45) is 0 Å². The highest BCUT2D eigenvalue weighted by atomic mass is 35.5. The van der Waals surface area contributed by atoms with Gasteiger partial charge in [-0.25, -0.2) is 0 Å². The van der Waals surface area contributed by atoms with E-state index in [-0.39, 0.29) is 17.0 Å². The molecule has 0 saturated carbocycles. The summed E-state index contributed by atoms with van der Waals surface area (Å²) >= 11 is 6.29. The summed E-state index contributed by atoms with van der Waals surface area (Å²) in [5.74, 6) is -0.683. The highest BCUT2D eigenvalue weighted by Crippen LogP contribution is 2.36. The second-order valence-electron chi connectivity index (χ2n) is 8.55. The molecule has 0 bridgehead atoms. The molecule has 176 valence electrons. The van der Waals surface area contributed by atoms with Gasteiger partial charge in [-0.15, -0.1) is 0 Å². The van der Waals surface area contributed by atoms with Gasteiger partial charge in [-0.1, -0.05) is 11.6 Å². The number of alkyl halides is 3. The van der Waals surface area contributed by atoms with Crippen LogP contribution in [0.25, 0.3) is 10.9 Å². The number of hydrogen-bond donors (Lipinski definition) is 0. The van der Waals surface area contributed by atoms with E-state index < -0.39 is 29.2 Å². The molecule has 1 heterocycles. The van der Waals surface area contributed by atoms with Crippen LogP contribution >= 0.6 is 11.6 Å². The molecular weight excluding hydrogens is 459 g/mol. The number of hydrogen-bond acceptors (Lipinski definition) is 4. The molecule has 0 aliphatic carbocycles. The van der Waals surface area contributed by atoms with Crippen LogP contribution in [0.5, 0.6) is 5.75 Å². The van der Waals surface area contributed by atoms with Gasteiger partial charge in [0.25, 0.3) is 5.91 Å². The Hall–Kier alpha value is -3.00. The highest BCUT2D eigenvalue weighted by Gasteiger charge is 2.31. The number of methoxy groups -OCH3 is 1. The van der Waals surface area contributed by atoms with Crippen molar-refractivity contribution in [1.82, 2.24) is 4.57 Å². The van der Waals surface area contributed by atoms with Crippen LogP contribution < -0.4 is 4.74 Å². The fourth-order valence-corrected chi connectivity index (χ4v) is 3.81. The Morgan fingerprint density at radius 3 is 2.18 bits per heavy atom. The minimum absolute atomic E-state index is 0.0544. The smallest absolute Gasteiger partial charge is 0.416 e. The first kappa shape index (κ1) is 24.6. The average Bonchev–Trinajstić information content (AvgIpc) is 2.95. The number of halogens is 4. The minimum atomic E-state index is -4.51. The molecule has 0 aliphatic heterocycles. The molecule has 0 radical (unpaired) electrons. The molecule has 0 atom stereocenters. The van der Waals surface area contributed by atoms with Gasteiger partial charge in [-0.3, -0.25) is 14.2 Å². The molecule has 0 fully saturated rings. The topological polar surface area (TPSA) is 57.5 Å². The minimum Gasteiger partial charge on any atom is -0.495 e. The van der Waals surface area contributed by atoms with Crippen LogP contribution in [0.1, 0.15) is 48.0 Å². The van der Waals surface area contributed by atoms with Gasteiger partial charge in [0.2, 0.25) is 0 Å². The number of carbonyl (C=O) groups is 2. The summed E-state index contributed by atoms with van der Waals surface area (Å²) in [5, 5.41) is 0.799. The third kappa shape index (κ3) is 5.16. The fourth-order valence-electron chi connectivity index (χ4n) is 3.57. The van der Waals surface area contributed by atoms with Crippen molar-refractivity contribution in [3.8, 4) is 5.75 Å². The number of rotatable bonds is 4. The molecule has 33 heavy (non-hydrogen) atoms. The summed E-state index contributed by atoms with van der Waals surface area (Å²) in [6.07, 6.45) is -4.63. The molecule has 0 N–H and O–H groups in total. The zero-order chi connectivity index (χ0) is 24.7. The Morgan fingerprint density at radius 2 is 1.67 bits per heavy atom. The van der Waals surface area contributed by atoms with Crippen LogP contribution in [0, 0.1) is 6.92 Å². The van der Waals surface area contributed by atoms with Gasteiger partial charge in [0.05, 0.1) is 29.6 Å². The van der Waals surface area contributed by atoms with Crippen LogP contribution in [0.15, 0.2) is 36.4 Å². The first-order chi connectivity index (χ1) is 15.2. The molecular formula is C24H23ClF3NO4. The second kappa shape index (κ2) is 8.74. The van der Waals surface area contributed by atoms with Gasteiger partial charge in [0, 0.05) is 16.6 Å². The Balaban J connectivity index is 2.15. The van der Waals surface area contributed by atoms with E-state index in [2.05, 4.69) is 0 Å². The number of carbonyl (C=O) groups excluding carboxylic acids is 2. The SMILES string of the molecule is COc1cc2c(CC(=O)OC(C)(C)C)c(C)n(C(=O)c3ccc(C(F)(F)F)cc3)c2cc1Cl. The molecule has 3 aromatic rings. The van der Waals surface area contributed by atoms with Gasteiger partial charge in [0.15, 0.2) is 0 Å². The predicted octanol–water partition coefficient (Wildman–Crippen LogP) is 6.20. The lowest BCUT2D eigenvalue weighted by atomic mass is 10.1. The monoisotopic (exact) mass is 481 g/mol. The Bertz CT molecular complexity index is 1220. The van der Waals surface area contributed by atoms with Gasteiger partial charge >= 0.3 is 12.1 Å². The van der Waals surface area contributed by atoms with E-state index in [1.165, 1.54) is 17.7 Å². The standard InChI is InChI=1S/C24H23ClF3NO4/c1-13-16(11-21(30)33-23(2,3)4)17-10-20(32-5)18(25)12-19(17)29(13)22(31)14-6-8-15(9-7-14)24(26,27)28/h6-10,12H,11H2,1-5H3. The van der Waals surface area contributed by atoms with Crippen LogP contribution in [0.2, 0.25) is 5.02 Å². The quantitative estimate of drug-likeness (QED) is 0.416. The van der Waals surface area contributed by atoms with Gasteiger partial charge < -0.3 is 9.47 Å². The van der Waals surface area contributed by atoms with Crippen molar-refractivity contribution in [2.45, 2.75) is 45.9 Å². The zero-order valence-corrected chi connectivity index (χ0v) is 19.5. The van der Waals surface area contributed by atoms with E-state index in [9.17, 15) is 22.8 Å². The molecule has 2 aromatic carbocycles. The summed E-state index contributed by atoms with van der Waals surface area (Å²) < 4.78 is 50.8. The van der Waals surface area contributed by atoms with Crippen LogP contribution in [0.4, 0.5) is 13.2 Å². The number of esters is 1. The zero-order valence-electron chi connectivity index (χ0n) is 18.8. The van der Waals surface area contributed by atoms with E-state index in [4.69, 9.17) is 21.1 Å². The van der Waals surface area contributed by atoms with Gasteiger partial charge in [-0.05, 0) is 69.7 Å². The lowest BCUT2D eigenvalue weighted by Gasteiger charge is -2.19. The molecule has 0 amide bonds. The maximum absolute atomic E-state index is 13.3. The maximum Gasteiger partial charge on any atom is 0.416 e. The number of nitrogens with zero attached hydrogens (tertiary/aromatic N) is 1. The van der Waals surface area contributed by atoms with E-state index in [1.807, 2.05) is 0 Å². The third-order valence-corrected chi connectivity index (χ3v) is 5.31. The second-order valence-corrected chi connectivity index (χ2v) is 8.95. The maximum atomic E-state index is 13.3. The number of fused-ring (bicyclic) bond motifs is 1. The first-order valence-corrected chi connectivity index (χ1v) is 10.4. The number of ether oxygens (including phenoxy) is 2. The summed E-state index contributed by atoms with van der Waals surface area (Å²) in [6, 6.07) is 7.10. The third-order valence-electron chi connectivity index (χ3n) is 5.01. The van der Waals surface area contributed by atoms with Gasteiger partial charge in [0.1, 0.15) is 11.4 Å². The van der Waals surface area contributed by atoms with Crippen LogP contribution in [-0.2, 0) is 22.1 Å². The summed E-state index contributed by atoms with van der Waals surface area (Å²) in [5.41, 5.74) is -0.105. The van der Waals surface area contributed by atoms with E-state index in [0.717, 1.165) is 24.3 Å². The lowest BCUT2D eigenvalue weighted by molar-refractivity contribution is -0.153. The molecule has 0 unspecified atom stereocenters. The molecule has 0 saturated heterocycles. The Labute approximate surface area is 194 Å². The van der Waals surface area contributed by atoms with Crippen LogP contribution in [-0.4, -0.2) is 29.2 Å². The lowest BCUT2D eigenvalue weighted by Crippen LogP contribution is -2.25. The molecule has 5 nitrogen and oxygen atoms in total. The fraction of sp³-hybridized carbons (Fsp3) is 0.333. The predicted molar refractivity (Wildman–Crippen MR) is 119 cm³/mol. The summed E-state index contributed by atoms with van der Waals surface area (Å²) in [4.78, 5) is 25.9. The molecule has 9 heteroatoms. The average molecular weight is 482 g/mol. The number of aromatic nitrogens is 1. The summed E-state index contributed by atoms with van der Waals surface area (Å²) in [6.45, 7) is 6.90. The summed E-state index contributed by atoms with van der Waals surface area (Å²) in [7, 11) is 1.44. The molecule has 3 rings (SSSR count). The Morgan fingerprint density at radius 1 is 1.06 bits per heavy atom. The van der Waals surface area contributed by atoms with E-state index in [1.54, 1.807) is 33.8 Å². The molecule has 0 aliphatic rings. The van der Waals surface area contributed by atoms with Crippen molar-refractivity contribution in [2.75, 3.05) is 7.11 Å². The van der Waals surface area contributed by atoms with Crippen molar-refractivity contribution < 1.29 is 32.2 Å². The largest absolute Gasteiger partial charge is 0.495 e. The van der Waals surface area contributed by atoms with Crippen LogP contribution in [0.3, 0.4) is 0 Å². The van der Waals surface area contributed by atoms with Gasteiger partial charge in [-0.2, -0.15) is 13.2 Å². The molecule has 0 spiro atoms. The Kier molecular flexibility index (Phi) is 6.53. The molecule has 1 aromatic heterocycles. The van der Waals surface area contributed by atoms with E-state index in [0.29, 0.717) is 27.9 Å². The normalized spacial score (nSPS) is 12.2. The van der Waals surface area contributed by atoms with Crippen molar-refractivity contribution in [3.05, 3.63) is 63.8 Å². The van der Waals surface area contributed by atoms with Crippen molar-refractivity contribution >= 4 is 34.4 Å². The van der Waals surface area contributed by atoms with E-state index >= 15 is 0 Å².